The van der Waals surface area contributed by atoms with E-state index in [2.05, 4.69) is 71.8 Å². The molecule has 0 amide bonds. The molecule has 3 aromatic rings. The lowest BCUT2D eigenvalue weighted by Gasteiger charge is -2.30. The van der Waals surface area contributed by atoms with Crippen molar-refractivity contribution in [2.75, 3.05) is 37.4 Å². The van der Waals surface area contributed by atoms with Crippen molar-refractivity contribution in [2.45, 2.75) is 64.3 Å². The van der Waals surface area contributed by atoms with Crippen LogP contribution in [0, 0.1) is 11.8 Å². The fourth-order valence-corrected chi connectivity index (χ4v) is 5.27. The van der Waals surface area contributed by atoms with E-state index >= 15 is 0 Å². The van der Waals surface area contributed by atoms with E-state index in [1.165, 1.54) is 44.1 Å². The van der Waals surface area contributed by atoms with E-state index in [1.807, 2.05) is 26.2 Å². The van der Waals surface area contributed by atoms with Crippen LogP contribution < -0.4 is 15.5 Å². The van der Waals surface area contributed by atoms with Gasteiger partial charge in [-0.3, -0.25) is 0 Å². The highest BCUT2D eigenvalue weighted by atomic mass is 15.2. The summed E-state index contributed by atoms with van der Waals surface area (Å²) in [5.74, 6) is 3.84. The van der Waals surface area contributed by atoms with Gasteiger partial charge in [0.1, 0.15) is 5.82 Å². The Morgan fingerprint density at radius 2 is 1.60 bits per heavy atom. The summed E-state index contributed by atoms with van der Waals surface area (Å²) >= 11 is 0. The summed E-state index contributed by atoms with van der Waals surface area (Å²) in [5, 5.41) is 8.57. The summed E-state index contributed by atoms with van der Waals surface area (Å²) in [5.41, 5.74) is 2.47. The number of hydrogen-bond donors (Lipinski definition) is 2. The first kappa shape index (κ1) is 25.4. The normalized spacial score (nSPS) is 19.1. The van der Waals surface area contributed by atoms with Crippen LogP contribution in [0.15, 0.2) is 54.6 Å². The molecule has 1 saturated carbocycles. The van der Waals surface area contributed by atoms with Gasteiger partial charge >= 0.3 is 0 Å². The second kappa shape index (κ2) is 12.3. The molecule has 1 unspecified atom stereocenters. The van der Waals surface area contributed by atoms with Gasteiger partial charge in [-0.15, -0.1) is 0 Å². The predicted molar refractivity (Wildman–Crippen MR) is 149 cm³/mol. The van der Waals surface area contributed by atoms with Gasteiger partial charge in [-0.25, -0.2) is 4.98 Å². The molecule has 4 rings (SSSR count). The van der Waals surface area contributed by atoms with Gasteiger partial charge in [0.2, 0.25) is 5.95 Å². The number of benzene rings is 2. The van der Waals surface area contributed by atoms with Crippen LogP contribution in [-0.2, 0) is 0 Å². The molecule has 1 aromatic heterocycles. The molecule has 0 bridgehead atoms. The lowest BCUT2D eigenvalue weighted by Crippen LogP contribution is -2.33. The van der Waals surface area contributed by atoms with Crippen LogP contribution in [0.1, 0.15) is 63.9 Å². The Morgan fingerprint density at radius 3 is 2.31 bits per heavy atom. The Balaban J connectivity index is 1.27. The first-order valence-corrected chi connectivity index (χ1v) is 13.5. The molecule has 1 fully saturated rings. The minimum Gasteiger partial charge on any atom is -0.362 e. The van der Waals surface area contributed by atoms with Gasteiger partial charge in [0, 0.05) is 32.1 Å². The zero-order chi connectivity index (χ0) is 24.6. The maximum atomic E-state index is 4.83. The first-order chi connectivity index (χ1) is 17.0. The topological polar surface area (TPSA) is 53.1 Å². The molecule has 2 N–H and O–H groups in total. The summed E-state index contributed by atoms with van der Waals surface area (Å²) in [6.45, 7) is 6.85. The van der Waals surface area contributed by atoms with Crippen molar-refractivity contribution < 1.29 is 0 Å². The van der Waals surface area contributed by atoms with E-state index in [9.17, 15) is 0 Å². The molecule has 2 aromatic carbocycles. The molecule has 5 heteroatoms. The summed E-state index contributed by atoms with van der Waals surface area (Å²) in [6.07, 6.45) is 7.39. The van der Waals surface area contributed by atoms with Crippen molar-refractivity contribution >= 4 is 22.7 Å². The number of fused-ring (bicyclic) bond motifs is 1. The van der Waals surface area contributed by atoms with Gasteiger partial charge in [0.05, 0.1) is 5.52 Å². The predicted octanol–water partition coefficient (Wildman–Crippen LogP) is 6.48. The molecule has 1 aliphatic carbocycles. The van der Waals surface area contributed by atoms with Crippen molar-refractivity contribution in [3.05, 3.63) is 60.2 Å². The van der Waals surface area contributed by atoms with Crippen LogP contribution in [0.5, 0.6) is 0 Å². The fraction of sp³-hybridized carbons (Fsp3) is 0.533. The van der Waals surface area contributed by atoms with Crippen LogP contribution in [-0.4, -0.2) is 43.2 Å². The van der Waals surface area contributed by atoms with E-state index < -0.39 is 0 Å². The van der Waals surface area contributed by atoms with E-state index in [0.29, 0.717) is 12.0 Å². The zero-order valence-corrected chi connectivity index (χ0v) is 22.0. The van der Waals surface area contributed by atoms with Crippen molar-refractivity contribution in [3.63, 3.8) is 0 Å². The van der Waals surface area contributed by atoms with Crippen molar-refractivity contribution in [1.82, 2.24) is 15.3 Å². The van der Waals surface area contributed by atoms with Gasteiger partial charge in [-0.2, -0.15) is 4.98 Å². The highest BCUT2D eigenvalue weighted by Gasteiger charge is 2.22. The van der Waals surface area contributed by atoms with Crippen molar-refractivity contribution in [1.29, 1.82) is 0 Å². The Bertz CT molecular complexity index is 1040. The van der Waals surface area contributed by atoms with Gasteiger partial charge in [-0.05, 0) is 74.1 Å². The van der Waals surface area contributed by atoms with Crippen LogP contribution in [0.4, 0.5) is 11.8 Å². The molecule has 0 spiro atoms. The van der Waals surface area contributed by atoms with Gasteiger partial charge in [-0.1, -0.05) is 62.7 Å². The Hall–Kier alpha value is -2.66. The first-order valence-electron chi connectivity index (χ1n) is 13.5. The number of para-hydroxylation sites is 1. The molecular weight excluding hydrogens is 430 g/mol. The standard InChI is InChI=1S/C30H43N5/c1-22(2)14-17-25(24-10-6-5-7-11-24)21-31-20-23-15-18-26(19-16-23)32-30-33-28-13-9-8-12-27(28)29(34-30)35(3)4/h5-13,22-23,25-26,31H,14-21H2,1-4H3,(H,32,33,34)/t23-,25?,26+. The summed E-state index contributed by atoms with van der Waals surface area (Å²) in [4.78, 5) is 11.7. The van der Waals surface area contributed by atoms with Crippen LogP contribution in [0.2, 0.25) is 0 Å². The van der Waals surface area contributed by atoms with Gasteiger partial charge in [0.25, 0.3) is 0 Å². The van der Waals surface area contributed by atoms with E-state index in [1.54, 1.807) is 0 Å². The molecule has 188 valence electrons. The highest BCUT2D eigenvalue weighted by Crippen LogP contribution is 2.29. The molecular formula is C30H43N5. The SMILES string of the molecule is CC(C)CCC(CNC[C@H]1CC[C@@H](Nc2nc(N(C)C)c3ccccc3n2)CC1)c1ccccc1. The van der Waals surface area contributed by atoms with E-state index in [4.69, 9.17) is 9.97 Å². The molecule has 1 aliphatic rings. The van der Waals surface area contributed by atoms with Crippen molar-refractivity contribution in [2.24, 2.45) is 11.8 Å². The molecule has 1 atom stereocenters. The number of aromatic nitrogens is 2. The Morgan fingerprint density at radius 1 is 0.886 bits per heavy atom. The lowest BCUT2D eigenvalue weighted by molar-refractivity contribution is 0.320. The highest BCUT2D eigenvalue weighted by molar-refractivity contribution is 5.90. The molecule has 0 radical (unpaired) electrons. The number of nitrogens with zero attached hydrogens (tertiary/aromatic N) is 3. The van der Waals surface area contributed by atoms with E-state index in [0.717, 1.165) is 47.6 Å². The third-order valence-corrected chi connectivity index (χ3v) is 7.37. The van der Waals surface area contributed by atoms with Crippen molar-refractivity contribution in [3.8, 4) is 0 Å². The van der Waals surface area contributed by atoms with Crippen LogP contribution in [0.25, 0.3) is 10.9 Å². The van der Waals surface area contributed by atoms with Crippen LogP contribution >= 0.6 is 0 Å². The molecule has 0 aliphatic heterocycles. The summed E-state index contributed by atoms with van der Waals surface area (Å²) in [7, 11) is 4.09. The fourth-order valence-electron chi connectivity index (χ4n) is 5.27. The van der Waals surface area contributed by atoms with E-state index in [-0.39, 0.29) is 0 Å². The maximum Gasteiger partial charge on any atom is 0.225 e. The molecule has 1 heterocycles. The second-order valence-corrected chi connectivity index (χ2v) is 10.9. The number of hydrogen-bond acceptors (Lipinski definition) is 5. The summed E-state index contributed by atoms with van der Waals surface area (Å²) in [6, 6.07) is 19.8. The smallest absolute Gasteiger partial charge is 0.225 e. The lowest BCUT2D eigenvalue weighted by atomic mass is 9.85. The summed E-state index contributed by atoms with van der Waals surface area (Å²) < 4.78 is 0. The van der Waals surface area contributed by atoms with Gasteiger partial charge < -0.3 is 15.5 Å². The second-order valence-electron chi connectivity index (χ2n) is 10.9. The number of anilines is 2. The van der Waals surface area contributed by atoms with Gasteiger partial charge in [0.15, 0.2) is 0 Å². The monoisotopic (exact) mass is 473 g/mol. The third kappa shape index (κ3) is 7.17. The number of nitrogens with one attached hydrogen (secondary N) is 2. The molecule has 35 heavy (non-hydrogen) atoms. The zero-order valence-electron chi connectivity index (χ0n) is 22.0. The Kier molecular flexibility index (Phi) is 8.97. The van der Waals surface area contributed by atoms with Crippen LogP contribution in [0.3, 0.4) is 0 Å². The molecule has 0 saturated heterocycles. The minimum absolute atomic E-state index is 0.450. The molecule has 5 nitrogen and oxygen atoms in total. The average molecular weight is 474 g/mol. The minimum atomic E-state index is 0.450. The maximum absolute atomic E-state index is 4.83. The quantitative estimate of drug-likeness (QED) is 0.334. The largest absolute Gasteiger partial charge is 0.362 e. The number of rotatable bonds is 11. The average Bonchev–Trinajstić information content (AvgIpc) is 2.87. The third-order valence-electron chi connectivity index (χ3n) is 7.37. The Labute approximate surface area is 211 Å².